The average molecular weight is 400 g/mol. The first-order valence-electron chi connectivity index (χ1n) is 11.3. The van der Waals surface area contributed by atoms with Gasteiger partial charge in [-0.3, -0.25) is 4.79 Å². The van der Waals surface area contributed by atoms with Gasteiger partial charge in [0.15, 0.2) is 0 Å². The Morgan fingerprint density at radius 2 is 1.90 bits per heavy atom. The Bertz CT molecular complexity index is 1060. The number of carbonyl (C=O) groups excluding carboxylic acids is 1. The van der Waals surface area contributed by atoms with E-state index in [1.54, 1.807) is 0 Å². The third kappa shape index (κ3) is 2.66. The molecule has 3 aromatic rings. The van der Waals surface area contributed by atoms with E-state index >= 15 is 0 Å². The van der Waals surface area contributed by atoms with Gasteiger partial charge in [0.05, 0.1) is 6.04 Å². The van der Waals surface area contributed by atoms with Crippen LogP contribution in [0, 0.1) is 5.41 Å². The van der Waals surface area contributed by atoms with Gasteiger partial charge in [0.2, 0.25) is 0 Å². The van der Waals surface area contributed by atoms with E-state index in [0.717, 1.165) is 29.4 Å². The summed E-state index contributed by atoms with van der Waals surface area (Å²) in [5.74, 6) is 0.164. The highest BCUT2D eigenvalue weighted by atomic mass is 16.2. The minimum atomic E-state index is 0.164. The molecular weight excluding hydrogens is 370 g/mol. The van der Waals surface area contributed by atoms with Crippen LogP contribution in [0.25, 0.3) is 10.9 Å². The number of hydrogen-bond acceptors (Lipinski definition) is 2. The molecule has 2 N–H and O–H groups in total. The number of aromatic amines is 1. The highest BCUT2D eigenvalue weighted by Gasteiger charge is 2.60. The van der Waals surface area contributed by atoms with Crippen molar-refractivity contribution in [3.63, 3.8) is 0 Å². The molecule has 1 saturated carbocycles. The molecule has 1 amide bonds. The summed E-state index contributed by atoms with van der Waals surface area (Å²) in [6.45, 7) is 2.42. The van der Waals surface area contributed by atoms with Gasteiger partial charge in [0, 0.05) is 34.4 Å². The largest absolute Gasteiger partial charge is 0.351 e. The number of para-hydroxylation sites is 1. The molecule has 2 aliphatic heterocycles. The van der Waals surface area contributed by atoms with E-state index in [9.17, 15) is 4.79 Å². The molecule has 1 aliphatic carbocycles. The summed E-state index contributed by atoms with van der Waals surface area (Å²) in [6, 6.07) is 22.2. The van der Waals surface area contributed by atoms with Crippen molar-refractivity contribution in [2.45, 2.75) is 63.2 Å². The third-order valence-electron chi connectivity index (χ3n) is 8.04. The number of rotatable bonds is 3. The van der Waals surface area contributed by atoms with Crippen molar-refractivity contribution in [3.05, 3.63) is 71.9 Å². The number of carbonyl (C=O) groups is 1. The van der Waals surface area contributed by atoms with Crippen LogP contribution < -0.4 is 5.32 Å². The monoisotopic (exact) mass is 399 g/mol. The molecule has 4 nitrogen and oxygen atoms in total. The van der Waals surface area contributed by atoms with E-state index in [2.05, 4.69) is 58.5 Å². The summed E-state index contributed by atoms with van der Waals surface area (Å²) in [7, 11) is 0. The van der Waals surface area contributed by atoms with Gasteiger partial charge >= 0.3 is 0 Å². The van der Waals surface area contributed by atoms with Crippen molar-refractivity contribution in [2.24, 2.45) is 5.41 Å². The van der Waals surface area contributed by atoms with Crippen molar-refractivity contribution >= 4 is 16.8 Å². The maximum atomic E-state index is 14.0. The molecule has 154 valence electrons. The zero-order valence-electron chi connectivity index (χ0n) is 17.5. The molecule has 3 aliphatic rings. The van der Waals surface area contributed by atoms with Gasteiger partial charge in [-0.15, -0.1) is 0 Å². The second kappa shape index (κ2) is 6.71. The van der Waals surface area contributed by atoms with Crippen LogP contribution in [-0.2, 0) is 6.42 Å². The van der Waals surface area contributed by atoms with E-state index in [4.69, 9.17) is 0 Å². The quantitative estimate of drug-likeness (QED) is 0.680. The summed E-state index contributed by atoms with van der Waals surface area (Å²) in [5.41, 5.74) is 3.24. The smallest absolute Gasteiger partial charge is 0.270 e. The molecule has 2 saturated heterocycles. The van der Waals surface area contributed by atoms with Crippen LogP contribution in [0.2, 0.25) is 0 Å². The summed E-state index contributed by atoms with van der Waals surface area (Å²) >= 11 is 0. The van der Waals surface area contributed by atoms with Crippen molar-refractivity contribution in [1.82, 2.24) is 15.2 Å². The fourth-order valence-electron chi connectivity index (χ4n) is 6.60. The van der Waals surface area contributed by atoms with E-state index in [0.29, 0.717) is 18.1 Å². The minimum absolute atomic E-state index is 0.164. The second-order valence-corrected chi connectivity index (χ2v) is 9.72. The molecule has 30 heavy (non-hydrogen) atoms. The fraction of sp³-hybridized carbons (Fsp3) is 0.423. The fourth-order valence-corrected chi connectivity index (χ4v) is 6.60. The van der Waals surface area contributed by atoms with Crippen molar-refractivity contribution in [2.75, 3.05) is 0 Å². The number of piperidine rings is 1. The van der Waals surface area contributed by atoms with E-state index < -0.39 is 0 Å². The lowest BCUT2D eigenvalue weighted by Crippen LogP contribution is -2.62. The number of hydrogen-bond donors (Lipinski definition) is 2. The Labute approximate surface area is 177 Å². The number of nitrogens with one attached hydrogen (secondary N) is 2. The van der Waals surface area contributed by atoms with Gasteiger partial charge in [-0.05, 0) is 49.8 Å². The topological polar surface area (TPSA) is 48.1 Å². The van der Waals surface area contributed by atoms with Crippen LogP contribution >= 0.6 is 0 Å². The molecule has 0 unspecified atom stereocenters. The molecule has 3 heterocycles. The lowest BCUT2D eigenvalue weighted by molar-refractivity contribution is -0.0114. The van der Waals surface area contributed by atoms with Crippen LogP contribution in [0.5, 0.6) is 0 Å². The Kier molecular flexibility index (Phi) is 4.07. The number of amides is 1. The Morgan fingerprint density at radius 1 is 1.10 bits per heavy atom. The van der Waals surface area contributed by atoms with Crippen molar-refractivity contribution in [3.8, 4) is 0 Å². The molecule has 3 fully saturated rings. The first kappa shape index (κ1) is 18.2. The summed E-state index contributed by atoms with van der Waals surface area (Å²) < 4.78 is 0. The molecule has 4 heteroatoms. The Hall–Kier alpha value is -2.59. The highest BCUT2D eigenvalue weighted by Crippen LogP contribution is 2.52. The third-order valence-corrected chi connectivity index (χ3v) is 8.04. The molecule has 6 rings (SSSR count). The standard InChI is InChI=1S/C26H29N3O/c1-26-16-21-22(14-17-8-3-2-4-9-17)29(24(26)13-7-12-23(26)28-21)25(30)20-15-18-10-5-6-11-19(18)27-20/h2-6,8-11,15,21-24,27-28H,7,12-14,16H2,1H3/t21-,22-,23-,24+,26-/m0/s1. The number of fused-ring (bicyclic) bond motifs is 2. The first-order chi connectivity index (χ1) is 14.6. The predicted octanol–water partition coefficient (Wildman–Crippen LogP) is 4.52. The van der Waals surface area contributed by atoms with E-state index in [1.807, 2.05) is 24.3 Å². The molecule has 0 radical (unpaired) electrons. The molecule has 1 aromatic heterocycles. The number of benzene rings is 2. The Morgan fingerprint density at radius 3 is 2.73 bits per heavy atom. The zero-order chi connectivity index (χ0) is 20.3. The Balaban J connectivity index is 1.43. The number of likely N-dealkylation sites (tertiary alicyclic amines) is 1. The SMILES string of the molecule is C[C@]12C[C@@H]3N[C@H]1CCC[C@H]2N(C(=O)c1cc2ccccc2[nH]1)[C@H]3Cc1ccccc1. The zero-order valence-corrected chi connectivity index (χ0v) is 17.5. The predicted molar refractivity (Wildman–Crippen MR) is 119 cm³/mol. The number of nitrogens with zero attached hydrogens (tertiary/aromatic N) is 1. The summed E-state index contributed by atoms with van der Waals surface area (Å²) in [6.07, 6.45) is 5.62. The number of H-pyrrole nitrogens is 1. The molecule has 2 aromatic carbocycles. The normalized spacial score (nSPS) is 32.5. The van der Waals surface area contributed by atoms with Crippen LogP contribution in [-0.4, -0.2) is 40.0 Å². The highest BCUT2D eigenvalue weighted by molar-refractivity contribution is 5.98. The molecule has 2 bridgehead atoms. The van der Waals surface area contributed by atoms with Gasteiger partial charge in [0.1, 0.15) is 5.69 Å². The van der Waals surface area contributed by atoms with E-state index in [1.165, 1.54) is 24.8 Å². The van der Waals surface area contributed by atoms with Crippen molar-refractivity contribution in [1.29, 1.82) is 0 Å². The van der Waals surface area contributed by atoms with Crippen molar-refractivity contribution < 1.29 is 4.79 Å². The molecule has 0 spiro atoms. The number of aromatic nitrogens is 1. The molecular formula is C26H29N3O. The summed E-state index contributed by atoms with van der Waals surface area (Å²) in [5, 5.41) is 5.06. The van der Waals surface area contributed by atoms with E-state index in [-0.39, 0.29) is 17.4 Å². The van der Waals surface area contributed by atoms with Crippen LogP contribution in [0.15, 0.2) is 60.7 Å². The second-order valence-electron chi connectivity index (χ2n) is 9.72. The van der Waals surface area contributed by atoms with Crippen LogP contribution in [0.1, 0.15) is 48.7 Å². The summed E-state index contributed by atoms with van der Waals surface area (Å²) in [4.78, 5) is 19.7. The first-order valence-corrected chi connectivity index (χ1v) is 11.3. The maximum Gasteiger partial charge on any atom is 0.270 e. The van der Waals surface area contributed by atoms with Gasteiger partial charge in [-0.2, -0.15) is 0 Å². The van der Waals surface area contributed by atoms with Crippen LogP contribution in [0.3, 0.4) is 0 Å². The lowest BCUT2D eigenvalue weighted by Gasteiger charge is -2.53. The van der Waals surface area contributed by atoms with Crippen LogP contribution in [0.4, 0.5) is 0 Å². The lowest BCUT2D eigenvalue weighted by atomic mass is 9.64. The average Bonchev–Trinajstić information content (AvgIpc) is 3.34. The van der Waals surface area contributed by atoms with Gasteiger partial charge in [-0.1, -0.05) is 55.5 Å². The minimum Gasteiger partial charge on any atom is -0.351 e. The maximum absolute atomic E-state index is 14.0. The van der Waals surface area contributed by atoms with Gasteiger partial charge < -0.3 is 15.2 Å². The molecule has 5 atom stereocenters. The van der Waals surface area contributed by atoms with Gasteiger partial charge in [-0.25, -0.2) is 0 Å². The van der Waals surface area contributed by atoms with Gasteiger partial charge in [0.25, 0.3) is 5.91 Å².